The number of nitrogens with one attached hydrogen (secondary N) is 1. The molecule has 0 saturated heterocycles. The van der Waals surface area contributed by atoms with Crippen LogP contribution in [0.1, 0.15) is 24.1 Å². The van der Waals surface area contributed by atoms with Crippen molar-refractivity contribution in [3.05, 3.63) is 23.4 Å². The standard InChI is InChI=1S/C12H16N2O/c1-2-9(1)7-11-4-3-10-8-13-5-6-15-12(10)14-11/h3-4,9,13H,1-2,5-8H2. The summed E-state index contributed by atoms with van der Waals surface area (Å²) in [4.78, 5) is 4.59. The second-order valence-electron chi connectivity index (χ2n) is 4.44. The Morgan fingerprint density at radius 3 is 3.20 bits per heavy atom. The Kier molecular flexibility index (Phi) is 2.33. The highest BCUT2D eigenvalue weighted by molar-refractivity contribution is 5.29. The first kappa shape index (κ1) is 9.16. The van der Waals surface area contributed by atoms with Crippen LogP contribution < -0.4 is 10.1 Å². The van der Waals surface area contributed by atoms with Gasteiger partial charge in [0.05, 0.1) is 0 Å². The molecule has 1 aliphatic heterocycles. The Labute approximate surface area is 89.9 Å². The van der Waals surface area contributed by atoms with Crippen LogP contribution in [0.4, 0.5) is 0 Å². The molecule has 0 amide bonds. The van der Waals surface area contributed by atoms with E-state index >= 15 is 0 Å². The predicted molar refractivity (Wildman–Crippen MR) is 57.9 cm³/mol. The second-order valence-corrected chi connectivity index (χ2v) is 4.44. The Morgan fingerprint density at radius 2 is 2.33 bits per heavy atom. The van der Waals surface area contributed by atoms with E-state index in [1.165, 1.54) is 24.1 Å². The molecule has 0 bridgehead atoms. The van der Waals surface area contributed by atoms with E-state index in [0.29, 0.717) is 0 Å². The minimum absolute atomic E-state index is 0.729. The number of fused-ring (bicyclic) bond motifs is 1. The van der Waals surface area contributed by atoms with Gasteiger partial charge < -0.3 is 10.1 Å². The number of ether oxygens (including phenoxy) is 1. The molecule has 0 unspecified atom stereocenters. The molecule has 3 heteroatoms. The summed E-state index contributed by atoms with van der Waals surface area (Å²) in [6.45, 7) is 2.52. The van der Waals surface area contributed by atoms with Gasteiger partial charge in [-0.15, -0.1) is 0 Å². The van der Waals surface area contributed by atoms with Gasteiger partial charge in [-0.25, -0.2) is 4.98 Å². The third-order valence-electron chi connectivity index (χ3n) is 3.02. The Balaban J connectivity index is 1.82. The Morgan fingerprint density at radius 1 is 1.40 bits per heavy atom. The molecule has 15 heavy (non-hydrogen) atoms. The number of hydrogen-bond acceptors (Lipinski definition) is 3. The molecule has 0 spiro atoms. The van der Waals surface area contributed by atoms with Gasteiger partial charge in [0.15, 0.2) is 0 Å². The third kappa shape index (κ3) is 2.12. The van der Waals surface area contributed by atoms with Crippen LogP contribution in [0.5, 0.6) is 5.88 Å². The number of pyridine rings is 1. The Bertz CT molecular complexity index is 361. The van der Waals surface area contributed by atoms with Crippen LogP contribution in [0.3, 0.4) is 0 Å². The molecule has 3 nitrogen and oxygen atoms in total. The summed E-state index contributed by atoms with van der Waals surface area (Å²) in [5, 5.41) is 3.31. The molecule has 0 atom stereocenters. The van der Waals surface area contributed by atoms with Crippen LogP contribution in [-0.2, 0) is 13.0 Å². The van der Waals surface area contributed by atoms with Crippen molar-refractivity contribution in [3.63, 3.8) is 0 Å². The van der Waals surface area contributed by atoms with Crippen LogP contribution in [0.15, 0.2) is 12.1 Å². The second kappa shape index (κ2) is 3.81. The molecule has 80 valence electrons. The Hall–Kier alpha value is -1.09. The van der Waals surface area contributed by atoms with Crippen LogP contribution >= 0.6 is 0 Å². The van der Waals surface area contributed by atoms with Crippen LogP contribution in [0.2, 0.25) is 0 Å². The average Bonchev–Trinajstić information content (AvgIpc) is 3.04. The average molecular weight is 204 g/mol. The first-order valence-corrected chi connectivity index (χ1v) is 5.74. The zero-order valence-corrected chi connectivity index (χ0v) is 8.83. The van der Waals surface area contributed by atoms with Gasteiger partial charge in [0.1, 0.15) is 6.61 Å². The molecule has 0 radical (unpaired) electrons. The SMILES string of the molecule is c1cc2c(nc1CC1CC1)OCCNC2. The zero-order chi connectivity index (χ0) is 10.1. The van der Waals surface area contributed by atoms with Gasteiger partial charge in [-0.2, -0.15) is 0 Å². The molecule has 1 saturated carbocycles. The van der Waals surface area contributed by atoms with Crippen molar-refractivity contribution in [2.24, 2.45) is 5.92 Å². The number of hydrogen-bond donors (Lipinski definition) is 1. The molecule has 3 rings (SSSR count). The molecule has 1 aliphatic carbocycles. The fraction of sp³-hybridized carbons (Fsp3) is 0.583. The summed E-state index contributed by atoms with van der Waals surface area (Å²) >= 11 is 0. The maximum atomic E-state index is 5.62. The summed E-state index contributed by atoms with van der Waals surface area (Å²) in [5.41, 5.74) is 2.38. The highest BCUT2D eigenvalue weighted by atomic mass is 16.5. The van der Waals surface area contributed by atoms with Gasteiger partial charge >= 0.3 is 0 Å². The summed E-state index contributed by atoms with van der Waals surface area (Å²) in [6, 6.07) is 4.30. The normalized spacial score (nSPS) is 20.3. The van der Waals surface area contributed by atoms with Crippen molar-refractivity contribution < 1.29 is 4.74 Å². The smallest absolute Gasteiger partial charge is 0.218 e. The quantitative estimate of drug-likeness (QED) is 0.793. The lowest BCUT2D eigenvalue weighted by molar-refractivity contribution is 0.313. The fourth-order valence-electron chi connectivity index (χ4n) is 1.94. The highest BCUT2D eigenvalue weighted by Crippen LogP contribution is 2.32. The van der Waals surface area contributed by atoms with E-state index in [4.69, 9.17) is 4.74 Å². The minimum atomic E-state index is 0.729. The summed E-state index contributed by atoms with van der Waals surface area (Å²) in [5.74, 6) is 1.73. The molecular formula is C12H16N2O. The lowest BCUT2D eigenvalue weighted by atomic mass is 10.1. The van der Waals surface area contributed by atoms with Gasteiger partial charge in [0, 0.05) is 24.3 Å². The van der Waals surface area contributed by atoms with E-state index in [-0.39, 0.29) is 0 Å². The van der Waals surface area contributed by atoms with Gasteiger partial charge in [-0.1, -0.05) is 6.07 Å². The van der Waals surface area contributed by atoms with Gasteiger partial charge in [-0.05, 0) is 31.2 Å². The number of rotatable bonds is 2. The summed E-state index contributed by atoms with van der Waals surface area (Å²) in [6.07, 6.45) is 3.88. The van der Waals surface area contributed by atoms with Crippen molar-refractivity contribution in [1.29, 1.82) is 0 Å². The maximum Gasteiger partial charge on any atom is 0.218 e. The van der Waals surface area contributed by atoms with Crippen LogP contribution in [-0.4, -0.2) is 18.1 Å². The maximum absolute atomic E-state index is 5.62. The van der Waals surface area contributed by atoms with Crippen molar-refractivity contribution in [3.8, 4) is 5.88 Å². The highest BCUT2D eigenvalue weighted by Gasteiger charge is 2.22. The fourth-order valence-corrected chi connectivity index (χ4v) is 1.94. The molecule has 1 aromatic heterocycles. The van der Waals surface area contributed by atoms with E-state index < -0.39 is 0 Å². The van der Waals surface area contributed by atoms with E-state index in [1.807, 2.05) is 0 Å². The lowest BCUT2D eigenvalue weighted by Crippen LogP contribution is -2.16. The molecule has 1 aromatic rings. The summed E-state index contributed by atoms with van der Waals surface area (Å²) < 4.78 is 5.62. The van der Waals surface area contributed by atoms with E-state index in [0.717, 1.165) is 37.9 Å². The van der Waals surface area contributed by atoms with E-state index in [2.05, 4.69) is 22.4 Å². The number of aromatic nitrogens is 1. The molecule has 2 aliphatic rings. The predicted octanol–water partition coefficient (Wildman–Crippen LogP) is 1.52. The van der Waals surface area contributed by atoms with Gasteiger partial charge in [0.2, 0.25) is 5.88 Å². The van der Waals surface area contributed by atoms with Crippen molar-refractivity contribution in [1.82, 2.24) is 10.3 Å². The van der Waals surface area contributed by atoms with Gasteiger partial charge in [-0.3, -0.25) is 0 Å². The first-order valence-electron chi connectivity index (χ1n) is 5.74. The van der Waals surface area contributed by atoms with Crippen molar-refractivity contribution >= 4 is 0 Å². The van der Waals surface area contributed by atoms with Crippen molar-refractivity contribution in [2.75, 3.05) is 13.2 Å². The van der Waals surface area contributed by atoms with E-state index in [1.54, 1.807) is 0 Å². The third-order valence-corrected chi connectivity index (χ3v) is 3.02. The first-order chi connectivity index (χ1) is 7.42. The van der Waals surface area contributed by atoms with Gasteiger partial charge in [0.25, 0.3) is 0 Å². The van der Waals surface area contributed by atoms with E-state index in [9.17, 15) is 0 Å². The number of nitrogens with zero attached hydrogens (tertiary/aromatic N) is 1. The largest absolute Gasteiger partial charge is 0.476 e. The van der Waals surface area contributed by atoms with Crippen molar-refractivity contribution in [2.45, 2.75) is 25.8 Å². The molecule has 1 N–H and O–H groups in total. The van der Waals surface area contributed by atoms with Crippen LogP contribution in [0.25, 0.3) is 0 Å². The minimum Gasteiger partial charge on any atom is -0.476 e. The summed E-state index contributed by atoms with van der Waals surface area (Å²) in [7, 11) is 0. The molecule has 1 fully saturated rings. The van der Waals surface area contributed by atoms with Crippen LogP contribution in [0, 0.1) is 5.92 Å². The lowest BCUT2D eigenvalue weighted by Gasteiger charge is -2.07. The molecule has 2 heterocycles. The zero-order valence-electron chi connectivity index (χ0n) is 8.83. The molecule has 0 aromatic carbocycles. The topological polar surface area (TPSA) is 34.1 Å². The monoisotopic (exact) mass is 204 g/mol. The molecular weight excluding hydrogens is 188 g/mol.